The fourth-order valence-electron chi connectivity index (χ4n) is 2.76. The minimum Gasteiger partial charge on any atom is -0.392 e. The SMILES string of the molecule is CCCCn1c2ccccc2c2cc(CO)ccc21. The van der Waals surface area contributed by atoms with Gasteiger partial charge in [0.1, 0.15) is 0 Å². The highest BCUT2D eigenvalue weighted by atomic mass is 16.3. The van der Waals surface area contributed by atoms with Gasteiger partial charge in [0.2, 0.25) is 0 Å². The second-order valence-corrected chi connectivity index (χ2v) is 5.03. The Morgan fingerprint density at radius 2 is 1.79 bits per heavy atom. The number of aliphatic hydroxyl groups is 1. The molecule has 3 rings (SSSR count). The predicted molar refractivity (Wildman–Crippen MR) is 80.3 cm³/mol. The lowest BCUT2D eigenvalue weighted by Gasteiger charge is -2.06. The van der Waals surface area contributed by atoms with Crippen LogP contribution < -0.4 is 0 Å². The van der Waals surface area contributed by atoms with Crippen LogP contribution in [0.1, 0.15) is 25.3 Å². The van der Waals surface area contributed by atoms with Crippen molar-refractivity contribution in [1.29, 1.82) is 0 Å². The molecule has 2 heteroatoms. The molecule has 19 heavy (non-hydrogen) atoms. The van der Waals surface area contributed by atoms with Gasteiger partial charge in [0.15, 0.2) is 0 Å². The molecule has 0 aliphatic carbocycles. The summed E-state index contributed by atoms with van der Waals surface area (Å²) in [5.74, 6) is 0. The molecule has 0 unspecified atom stereocenters. The number of para-hydroxylation sites is 1. The van der Waals surface area contributed by atoms with E-state index in [2.05, 4.69) is 47.9 Å². The number of nitrogens with zero attached hydrogens (tertiary/aromatic N) is 1. The summed E-state index contributed by atoms with van der Waals surface area (Å²) >= 11 is 0. The van der Waals surface area contributed by atoms with Crippen molar-refractivity contribution in [2.45, 2.75) is 32.9 Å². The summed E-state index contributed by atoms with van der Waals surface area (Å²) in [5.41, 5.74) is 3.54. The monoisotopic (exact) mass is 253 g/mol. The number of hydrogen-bond acceptors (Lipinski definition) is 1. The standard InChI is InChI=1S/C17H19NO/c1-2-3-10-18-16-7-5-4-6-14(16)15-11-13(12-19)8-9-17(15)18/h4-9,11,19H,2-3,10,12H2,1H3. The molecule has 0 radical (unpaired) electrons. The molecule has 0 aliphatic rings. The first kappa shape index (κ1) is 12.2. The molecular weight excluding hydrogens is 234 g/mol. The van der Waals surface area contributed by atoms with E-state index in [9.17, 15) is 5.11 Å². The van der Waals surface area contributed by atoms with Gasteiger partial charge in [0, 0.05) is 28.4 Å². The van der Waals surface area contributed by atoms with Crippen LogP contribution in [0.4, 0.5) is 0 Å². The van der Waals surface area contributed by atoms with Gasteiger partial charge in [0.25, 0.3) is 0 Å². The van der Waals surface area contributed by atoms with E-state index in [0.29, 0.717) is 0 Å². The molecule has 0 amide bonds. The first-order valence-electron chi connectivity index (χ1n) is 6.96. The van der Waals surface area contributed by atoms with Gasteiger partial charge in [-0.05, 0) is 30.2 Å². The Bertz CT molecular complexity index is 712. The first-order chi connectivity index (χ1) is 9.35. The molecule has 0 atom stereocenters. The van der Waals surface area contributed by atoms with E-state index in [1.807, 2.05) is 6.07 Å². The number of fused-ring (bicyclic) bond motifs is 3. The molecule has 0 bridgehead atoms. The number of hydrogen-bond donors (Lipinski definition) is 1. The maximum Gasteiger partial charge on any atom is 0.0682 e. The zero-order valence-electron chi connectivity index (χ0n) is 11.3. The molecule has 2 aromatic carbocycles. The van der Waals surface area contributed by atoms with Crippen molar-refractivity contribution in [2.24, 2.45) is 0 Å². The van der Waals surface area contributed by atoms with Gasteiger partial charge >= 0.3 is 0 Å². The van der Waals surface area contributed by atoms with Gasteiger partial charge in [-0.2, -0.15) is 0 Å². The Labute approximate surface area is 113 Å². The number of rotatable bonds is 4. The van der Waals surface area contributed by atoms with Crippen LogP contribution in [0, 0.1) is 0 Å². The summed E-state index contributed by atoms with van der Waals surface area (Å²) < 4.78 is 2.40. The molecule has 1 aromatic heterocycles. The van der Waals surface area contributed by atoms with Gasteiger partial charge in [-0.1, -0.05) is 37.6 Å². The summed E-state index contributed by atoms with van der Waals surface area (Å²) in [6, 6.07) is 14.8. The Hall–Kier alpha value is -1.80. The van der Waals surface area contributed by atoms with Crippen LogP contribution in [0.25, 0.3) is 21.8 Å². The summed E-state index contributed by atoms with van der Waals surface area (Å²) in [4.78, 5) is 0. The van der Waals surface area contributed by atoms with Crippen LogP contribution in [0.3, 0.4) is 0 Å². The van der Waals surface area contributed by atoms with Gasteiger partial charge < -0.3 is 9.67 Å². The Morgan fingerprint density at radius 3 is 2.58 bits per heavy atom. The molecule has 0 aliphatic heterocycles. The summed E-state index contributed by atoms with van der Waals surface area (Å²) in [6.07, 6.45) is 2.39. The van der Waals surface area contributed by atoms with Crippen LogP contribution in [-0.4, -0.2) is 9.67 Å². The van der Waals surface area contributed by atoms with E-state index in [0.717, 1.165) is 12.1 Å². The Kier molecular flexibility index (Phi) is 3.26. The highest BCUT2D eigenvalue weighted by Crippen LogP contribution is 2.30. The summed E-state index contributed by atoms with van der Waals surface area (Å²) in [7, 11) is 0. The maximum absolute atomic E-state index is 9.31. The van der Waals surface area contributed by atoms with Crippen LogP contribution >= 0.6 is 0 Å². The minimum atomic E-state index is 0.102. The smallest absolute Gasteiger partial charge is 0.0682 e. The molecule has 0 fully saturated rings. The average Bonchev–Trinajstić information content (AvgIpc) is 2.78. The molecule has 0 spiro atoms. The van der Waals surface area contributed by atoms with Crippen molar-refractivity contribution in [3.05, 3.63) is 48.0 Å². The lowest BCUT2D eigenvalue weighted by molar-refractivity contribution is 0.282. The second kappa shape index (κ2) is 5.06. The van der Waals surface area contributed by atoms with Crippen molar-refractivity contribution >= 4 is 21.8 Å². The van der Waals surface area contributed by atoms with Crippen molar-refractivity contribution in [2.75, 3.05) is 0 Å². The van der Waals surface area contributed by atoms with Crippen molar-refractivity contribution in [1.82, 2.24) is 4.57 Å². The molecule has 0 saturated heterocycles. The van der Waals surface area contributed by atoms with Crippen LogP contribution in [0.2, 0.25) is 0 Å². The molecule has 98 valence electrons. The van der Waals surface area contributed by atoms with E-state index < -0.39 is 0 Å². The maximum atomic E-state index is 9.31. The summed E-state index contributed by atoms with van der Waals surface area (Å²) in [6.45, 7) is 3.38. The van der Waals surface area contributed by atoms with Crippen LogP contribution in [0.15, 0.2) is 42.5 Å². The highest BCUT2D eigenvalue weighted by molar-refractivity contribution is 6.08. The number of aliphatic hydroxyl groups excluding tert-OH is 1. The number of unbranched alkanes of at least 4 members (excludes halogenated alkanes) is 1. The molecule has 1 N–H and O–H groups in total. The average molecular weight is 253 g/mol. The van der Waals surface area contributed by atoms with Gasteiger partial charge in [-0.25, -0.2) is 0 Å². The second-order valence-electron chi connectivity index (χ2n) is 5.03. The van der Waals surface area contributed by atoms with E-state index in [1.165, 1.54) is 34.6 Å². The molecular formula is C17H19NO. The van der Waals surface area contributed by atoms with Crippen molar-refractivity contribution in [3.8, 4) is 0 Å². The van der Waals surface area contributed by atoms with Gasteiger partial charge in [0.05, 0.1) is 6.61 Å². The van der Waals surface area contributed by atoms with Gasteiger partial charge in [-0.15, -0.1) is 0 Å². The zero-order chi connectivity index (χ0) is 13.2. The van der Waals surface area contributed by atoms with Crippen LogP contribution in [-0.2, 0) is 13.2 Å². The number of aryl methyl sites for hydroxylation is 1. The lowest BCUT2D eigenvalue weighted by atomic mass is 10.1. The van der Waals surface area contributed by atoms with Gasteiger partial charge in [-0.3, -0.25) is 0 Å². The fourth-order valence-corrected chi connectivity index (χ4v) is 2.76. The normalized spacial score (nSPS) is 11.5. The van der Waals surface area contributed by atoms with E-state index in [4.69, 9.17) is 0 Å². The van der Waals surface area contributed by atoms with Crippen molar-refractivity contribution in [3.63, 3.8) is 0 Å². The quantitative estimate of drug-likeness (QED) is 0.744. The van der Waals surface area contributed by atoms with E-state index >= 15 is 0 Å². The lowest BCUT2D eigenvalue weighted by Crippen LogP contribution is -1.96. The highest BCUT2D eigenvalue weighted by Gasteiger charge is 2.09. The molecule has 1 heterocycles. The largest absolute Gasteiger partial charge is 0.392 e. The van der Waals surface area contributed by atoms with Crippen molar-refractivity contribution < 1.29 is 5.11 Å². The molecule has 0 saturated carbocycles. The number of aromatic nitrogens is 1. The molecule has 3 aromatic rings. The molecule has 2 nitrogen and oxygen atoms in total. The zero-order valence-corrected chi connectivity index (χ0v) is 11.3. The first-order valence-corrected chi connectivity index (χ1v) is 6.96. The fraction of sp³-hybridized carbons (Fsp3) is 0.294. The van der Waals surface area contributed by atoms with Crippen LogP contribution in [0.5, 0.6) is 0 Å². The predicted octanol–water partition coefficient (Wildman–Crippen LogP) is 4.09. The third-order valence-electron chi connectivity index (χ3n) is 3.75. The van der Waals surface area contributed by atoms with E-state index in [1.54, 1.807) is 0 Å². The summed E-state index contributed by atoms with van der Waals surface area (Å²) in [5, 5.41) is 11.8. The third kappa shape index (κ3) is 2.02. The third-order valence-corrected chi connectivity index (χ3v) is 3.75. The van der Waals surface area contributed by atoms with E-state index in [-0.39, 0.29) is 6.61 Å². The Balaban J connectivity index is 2.30. The number of benzene rings is 2. The topological polar surface area (TPSA) is 25.2 Å². The minimum absolute atomic E-state index is 0.102. The Morgan fingerprint density at radius 1 is 1.00 bits per heavy atom.